The number of rotatable bonds is 4. The molecule has 1 N–H and O–H groups in total. The van der Waals surface area contributed by atoms with E-state index in [-0.39, 0.29) is 12.7 Å². The van der Waals surface area contributed by atoms with Crippen LogP contribution < -0.4 is 14.8 Å². The molecule has 9 heteroatoms. The zero-order chi connectivity index (χ0) is 18.9. The van der Waals surface area contributed by atoms with Crippen molar-refractivity contribution in [2.24, 2.45) is 0 Å². The van der Waals surface area contributed by atoms with Crippen LogP contribution in [0.25, 0.3) is 17.1 Å². The summed E-state index contributed by atoms with van der Waals surface area (Å²) in [5.74, 6) is 1.84. The minimum absolute atomic E-state index is 0.227. The Kier molecular flexibility index (Phi) is 3.99. The number of benzene rings is 1. The Labute approximate surface area is 163 Å². The first-order valence-electron chi connectivity index (χ1n) is 8.37. The second-order valence-corrected chi connectivity index (χ2v) is 6.79. The fraction of sp³-hybridized carbons (Fsp3) is 0.0526. The van der Waals surface area contributed by atoms with E-state index in [4.69, 9.17) is 9.47 Å². The Bertz CT molecular complexity index is 1140. The molecule has 1 aliphatic heterocycles. The number of ether oxygens (including phenoxy) is 2. The van der Waals surface area contributed by atoms with Crippen LogP contribution in [0, 0.1) is 0 Å². The lowest BCUT2D eigenvalue weighted by molar-refractivity contribution is 0.102. The number of hydrogen-bond donors (Lipinski definition) is 1. The van der Waals surface area contributed by atoms with E-state index in [1.807, 2.05) is 23.6 Å². The number of carbonyl (C=O) groups excluding carboxylic acids is 1. The number of pyridine rings is 1. The van der Waals surface area contributed by atoms with Crippen molar-refractivity contribution >= 4 is 22.4 Å². The van der Waals surface area contributed by atoms with E-state index in [0.29, 0.717) is 22.3 Å². The summed E-state index contributed by atoms with van der Waals surface area (Å²) in [4.78, 5) is 25.2. The maximum absolute atomic E-state index is 12.5. The largest absolute Gasteiger partial charge is 0.454 e. The van der Waals surface area contributed by atoms with Crippen molar-refractivity contribution in [3.05, 3.63) is 66.2 Å². The number of amides is 1. The van der Waals surface area contributed by atoms with E-state index in [9.17, 15) is 4.79 Å². The standard InChI is InChI=1S/C19H13N5O3S/c25-18(13-2-4-17(21-8-13)24-6-5-20-10-24)23-19-22-14(9-28-19)12-1-3-15-16(7-12)27-11-26-15/h1-10H,11H2,(H,22,23,25). The maximum Gasteiger partial charge on any atom is 0.259 e. The molecule has 0 atom stereocenters. The van der Waals surface area contributed by atoms with E-state index < -0.39 is 0 Å². The van der Waals surface area contributed by atoms with Crippen LogP contribution >= 0.6 is 11.3 Å². The van der Waals surface area contributed by atoms with Crippen LogP contribution in [0.2, 0.25) is 0 Å². The van der Waals surface area contributed by atoms with Crippen LogP contribution in [0.4, 0.5) is 5.13 Å². The van der Waals surface area contributed by atoms with Gasteiger partial charge in [-0.15, -0.1) is 11.3 Å². The number of aromatic nitrogens is 4. The fourth-order valence-electron chi connectivity index (χ4n) is 2.76. The van der Waals surface area contributed by atoms with Gasteiger partial charge in [0.2, 0.25) is 6.79 Å². The first-order valence-corrected chi connectivity index (χ1v) is 9.25. The van der Waals surface area contributed by atoms with Gasteiger partial charge in [-0.05, 0) is 30.3 Å². The van der Waals surface area contributed by atoms with E-state index >= 15 is 0 Å². The Morgan fingerprint density at radius 3 is 2.93 bits per heavy atom. The molecule has 28 heavy (non-hydrogen) atoms. The van der Waals surface area contributed by atoms with Gasteiger partial charge < -0.3 is 9.47 Å². The lowest BCUT2D eigenvalue weighted by atomic mass is 10.1. The third-order valence-electron chi connectivity index (χ3n) is 4.17. The predicted molar refractivity (Wildman–Crippen MR) is 103 cm³/mol. The Hall–Kier alpha value is -3.72. The highest BCUT2D eigenvalue weighted by Gasteiger charge is 2.16. The zero-order valence-electron chi connectivity index (χ0n) is 14.4. The van der Waals surface area contributed by atoms with Gasteiger partial charge >= 0.3 is 0 Å². The quantitative estimate of drug-likeness (QED) is 0.574. The fourth-order valence-corrected chi connectivity index (χ4v) is 3.47. The van der Waals surface area contributed by atoms with Crippen LogP contribution in [0.1, 0.15) is 10.4 Å². The molecule has 0 aliphatic carbocycles. The van der Waals surface area contributed by atoms with E-state index in [2.05, 4.69) is 20.3 Å². The molecule has 4 heterocycles. The van der Waals surface area contributed by atoms with Crippen molar-refractivity contribution in [2.75, 3.05) is 12.1 Å². The van der Waals surface area contributed by atoms with Gasteiger partial charge in [-0.3, -0.25) is 14.7 Å². The van der Waals surface area contributed by atoms with Gasteiger partial charge in [-0.2, -0.15) is 0 Å². The normalized spacial score (nSPS) is 12.1. The maximum atomic E-state index is 12.5. The second-order valence-electron chi connectivity index (χ2n) is 5.94. The smallest absolute Gasteiger partial charge is 0.259 e. The molecule has 0 saturated heterocycles. The average Bonchev–Trinajstić information content (AvgIpc) is 3.48. The number of nitrogens with one attached hydrogen (secondary N) is 1. The number of thiazole rings is 1. The minimum atomic E-state index is -0.267. The summed E-state index contributed by atoms with van der Waals surface area (Å²) in [5, 5.41) is 5.20. The van der Waals surface area contributed by atoms with Crippen molar-refractivity contribution in [2.45, 2.75) is 0 Å². The van der Waals surface area contributed by atoms with Crippen LogP contribution in [-0.4, -0.2) is 32.2 Å². The summed E-state index contributed by atoms with van der Waals surface area (Å²) in [6.45, 7) is 0.227. The van der Waals surface area contributed by atoms with E-state index in [1.54, 1.807) is 35.4 Å². The summed E-state index contributed by atoms with van der Waals surface area (Å²) < 4.78 is 12.5. The molecule has 1 amide bonds. The second kappa shape index (κ2) is 6.78. The lowest BCUT2D eigenvalue weighted by Gasteiger charge is -2.04. The Morgan fingerprint density at radius 1 is 1.18 bits per heavy atom. The molecule has 138 valence electrons. The molecule has 1 aliphatic rings. The van der Waals surface area contributed by atoms with Gasteiger partial charge in [0.1, 0.15) is 12.1 Å². The van der Waals surface area contributed by atoms with Crippen molar-refractivity contribution in [3.8, 4) is 28.6 Å². The molecule has 5 rings (SSSR count). The van der Waals surface area contributed by atoms with Gasteiger partial charge in [0, 0.05) is 29.5 Å². The van der Waals surface area contributed by atoms with Crippen LogP contribution in [-0.2, 0) is 0 Å². The van der Waals surface area contributed by atoms with Gasteiger partial charge in [-0.1, -0.05) is 0 Å². The predicted octanol–water partition coefficient (Wildman–Crippen LogP) is 3.37. The molecule has 0 unspecified atom stereocenters. The SMILES string of the molecule is O=C(Nc1nc(-c2ccc3c(c2)OCO3)cs1)c1ccc(-n2ccnc2)nc1. The van der Waals surface area contributed by atoms with E-state index in [1.165, 1.54) is 17.5 Å². The first-order chi connectivity index (χ1) is 13.8. The van der Waals surface area contributed by atoms with Gasteiger partial charge in [0.05, 0.1) is 11.3 Å². The average molecular weight is 391 g/mol. The Morgan fingerprint density at radius 2 is 2.11 bits per heavy atom. The van der Waals surface area contributed by atoms with E-state index in [0.717, 1.165) is 17.0 Å². The van der Waals surface area contributed by atoms with Crippen molar-refractivity contribution in [1.29, 1.82) is 0 Å². The molecule has 0 bridgehead atoms. The number of anilines is 1. The third-order valence-corrected chi connectivity index (χ3v) is 4.93. The summed E-state index contributed by atoms with van der Waals surface area (Å²) >= 11 is 1.35. The lowest BCUT2D eigenvalue weighted by Crippen LogP contribution is -2.12. The number of hydrogen-bond acceptors (Lipinski definition) is 7. The molecule has 4 aromatic rings. The molecular weight excluding hydrogens is 378 g/mol. The van der Waals surface area contributed by atoms with Crippen LogP contribution in [0.3, 0.4) is 0 Å². The number of imidazole rings is 1. The van der Waals surface area contributed by atoms with Crippen LogP contribution in [0.15, 0.2) is 60.6 Å². The zero-order valence-corrected chi connectivity index (χ0v) is 15.2. The Balaban J connectivity index is 1.31. The van der Waals surface area contributed by atoms with Crippen molar-refractivity contribution < 1.29 is 14.3 Å². The van der Waals surface area contributed by atoms with Crippen molar-refractivity contribution in [3.63, 3.8) is 0 Å². The highest BCUT2D eigenvalue weighted by atomic mass is 32.1. The topological polar surface area (TPSA) is 91.2 Å². The first kappa shape index (κ1) is 16.5. The van der Waals surface area contributed by atoms with Crippen LogP contribution in [0.5, 0.6) is 11.5 Å². The summed E-state index contributed by atoms with van der Waals surface area (Å²) in [7, 11) is 0. The monoisotopic (exact) mass is 391 g/mol. The summed E-state index contributed by atoms with van der Waals surface area (Å²) in [5.41, 5.74) is 2.10. The summed E-state index contributed by atoms with van der Waals surface area (Å²) in [6.07, 6.45) is 6.63. The molecule has 8 nitrogen and oxygen atoms in total. The van der Waals surface area contributed by atoms with Gasteiger partial charge in [0.15, 0.2) is 16.6 Å². The van der Waals surface area contributed by atoms with Gasteiger partial charge in [-0.25, -0.2) is 15.0 Å². The molecule has 0 radical (unpaired) electrons. The molecular formula is C19H13N5O3S. The molecule has 3 aromatic heterocycles. The number of fused-ring (bicyclic) bond motifs is 1. The number of nitrogens with zero attached hydrogens (tertiary/aromatic N) is 4. The van der Waals surface area contributed by atoms with Crippen molar-refractivity contribution in [1.82, 2.24) is 19.5 Å². The molecule has 0 saturated carbocycles. The molecule has 1 aromatic carbocycles. The highest BCUT2D eigenvalue weighted by Crippen LogP contribution is 2.36. The van der Waals surface area contributed by atoms with Gasteiger partial charge in [0.25, 0.3) is 5.91 Å². The number of carbonyl (C=O) groups is 1. The minimum Gasteiger partial charge on any atom is -0.454 e. The summed E-state index contributed by atoms with van der Waals surface area (Å²) in [6, 6.07) is 9.11. The highest BCUT2D eigenvalue weighted by molar-refractivity contribution is 7.14. The molecule has 0 spiro atoms. The third kappa shape index (κ3) is 3.08. The molecule has 0 fully saturated rings.